The second kappa shape index (κ2) is 3.30. The largest absolute Gasteiger partial charge is 0.325 e. The second-order valence-electron chi connectivity index (χ2n) is 4.17. The summed E-state index contributed by atoms with van der Waals surface area (Å²) in [5.74, 6) is 0.867. The van der Waals surface area contributed by atoms with E-state index in [1.165, 1.54) is 12.8 Å². The standard InChI is InChI=1S/C9H17FN2/c10-8-6-12(4-3-9(8)11)5-7-1-2-7/h7-9H,1-6,11H2/t8-,9+/m0/s1. The zero-order chi connectivity index (χ0) is 8.55. The number of likely N-dealkylation sites (tertiary alicyclic amines) is 1. The van der Waals surface area contributed by atoms with Gasteiger partial charge in [0.1, 0.15) is 6.17 Å². The van der Waals surface area contributed by atoms with Crippen LogP contribution in [0.3, 0.4) is 0 Å². The van der Waals surface area contributed by atoms with Gasteiger partial charge in [0.25, 0.3) is 0 Å². The van der Waals surface area contributed by atoms with Gasteiger partial charge in [0.2, 0.25) is 0 Å². The molecule has 2 fully saturated rings. The molecule has 0 unspecified atom stereocenters. The zero-order valence-electron chi connectivity index (χ0n) is 7.38. The molecule has 0 bridgehead atoms. The van der Waals surface area contributed by atoms with Gasteiger partial charge in [-0.05, 0) is 31.7 Å². The summed E-state index contributed by atoms with van der Waals surface area (Å²) in [5, 5.41) is 0. The van der Waals surface area contributed by atoms with Crippen molar-refractivity contribution in [2.75, 3.05) is 19.6 Å². The van der Waals surface area contributed by atoms with Crippen LogP contribution >= 0.6 is 0 Å². The van der Waals surface area contributed by atoms with Crippen molar-refractivity contribution < 1.29 is 4.39 Å². The van der Waals surface area contributed by atoms with Crippen LogP contribution in [0.2, 0.25) is 0 Å². The Morgan fingerprint density at radius 1 is 1.33 bits per heavy atom. The van der Waals surface area contributed by atoms with E-state index in [-0.39, 0.29) is 6.04 Å². The van der Waals surface area contributed by atoms with Crippen molar-refractivity contribution in [3.8, 4) is 0 Å². The lowest BCUT2D eigenvalue weighted by molar-refractivity contribution is 0.116. The molecular formula is C9H17FN2. The van der Waals surface area contributed by atoms with Crippen LogP contribution in [0.4, 0.5) is 4.39 Å². The molecule has 2 aliphatic rings. The van der Waals surface area contributed by atoms with Crippen molar-refractivity contribution in [3.05, 3.63) is 0 Å². The molecule has 2 atom stereocenters. The molecule has 0 amide bonds. The van der Waals surface area contributed by atoms with E-state index in [0.29, 0.717) is 6.54 Å². The minimum Gasteiger partial charge on any atom is -0.325 e. The molecule has 2 rings (SSSR count). The molecule has 1 heterocycles. The SMILES string of the molecule is N[C@@H]1CCN(CC2CC2)C[C@@H]1F. The van der Waals surface area contributed by atoms with Crippen molar-refractivity contribution in [2.45, 2.75) is 31.5 Å². The smallest absolute Gasteiger partial charge is 0.128 e. The number of halogens is 1. The Labute approximate surface area is 72.9 Å². The number of alkyl halides is 1. The van der Waals surface area contributed by atoms with E-state index in [1.807, 2.05) is 0 Å². The van der Waals surface area contributed by atoms with Crippen LogP contribution in [0.5, 0.6) is 0 Å². The summed E-state index contributed by atoms with van der Waals surface area (Å²) < 4.78 is 13.1. The fourth-order valence-corrected chi connectivity index (χ4v) is 1.82. The Hall–Kier alpha value is -0.150. The number of nitrogens with zero attached hydrogens (tertiary/aromatic N) is 1. The summed E-state index contributed by atoms with van der Waals surface area (Å²) in [4.78, 5) is 2.23. The lowest BCUT2D eigenvalue weighted by Gasteiger charge is -2.32. The minimum atomic E-state index is -0.794. The van der Waals surface area contributed by atoms with Crippen LogP contribution < -0.4 is 5.73 Å². The summed E-state index contributed by atoms with van der Waals surface area (Å²) in [5.41, 5.74) is 5.59. The van der Waals surface area contributed by atoms with Gasteiger partial charge in [-0.1, -0.05) is 0 Å². The van der Waals surface area contributed by atoms with E-state index in [9.17, 15) is 4.39 Å². The van der Waals surface area contributed by atoms with Crippen LogP contribution in [-0.4, -0.2) is 36.7 Å². The average Bonchev–Trinajstić information content (AvgIpc) is 2.81. The highest BCUT2D eigenvalue weighted by atomic mass is 19.1. The molecule has 70 valence electrons. The first-order chi connectivity index (χ1) is 5.75. The fraction of sp³-hybridized carbons (Fsp3) is 1.00. The van der Waals surface area contributed by atoms with Crippen LogP contribution in [0.1, 0.15) is 19.3 Å². The van der Waals surface area contributed by atoms with Crippen molar-refractivity contribution in [2.24, 2.45) is 11.7 Å². The molecular weight excluding hydrogens is 155 g/mol. The highest BCUT2D eigenvalue weighted by Crippen LogP contribution is 2.30. The van der Waals surface area contributed by atoms with E-state index in [4.69, 9.17) is 5.73 Å². The first-order valence-corrected chi connectivity index (χ1v) is 4.87. The normalized spacial score (nSPS) is 38.5. The minimum absolute atomic E-state index is 0.208. The van der Waals surface area contributed by atoms with Gasteiger partial charge in [0, 0.05) is 19.1 Å². The first-order valence-electron chi connectivity index (χ1n) is 4.87. The van der Waals surface area contributed by atoms with Crippen LogP contribution in [0, 0.1) is 5.92 Å². The lowest BCUT2D eigenvalue weighted by atomic mass is 10.0. The number of nitrogens with two attached hydrogens (primary N) is 1. The van der Waals surface area contributed by atoms with E-state index in [0.717, 1.165) is 25.4 Å². The average molecular weight is 172 g/mol. The maximum absolute atomic E-state index is 13.1. The second-order valence-corrected chi connectivity index (χ2v) is 4.17. The summed E-state index contributed by atoms with van der Waals surface area (Å²) in [7, 11) is 0. The quantitative estimate of drug-likeness (QED) is 0.666. The summed E-state index contributed by atoms with van der Waals surface area (Å²) in [6.45, 7) is 2.67. The maximum Gasteiger partial charge on any atom is 0.128 e. The summed E-state index contributed by atoms with van der Waals surface area (Å²) >= 11 is 0. The zero-order valence-corrected chi connectivity index (χ0v) is 7.38. The predicted molar refractivity (Wildman–Crippen MR) is 46.7 cm³/mol. The maximum atomic E-state index is 13.1. The number of hydrogen-bond donors (Lipinski definition) is 1. The molecule has 12 heavy (non-hydrogen) atoms. The number of hydrogen-bond acceptors (Lipinski definition) is 2. The van der Waals surface area contributed by atoms with Gasteiger partial charge in [-0.15, -0.1) is 0 Å². The van der Waals surface area contributed by atoms with Gasteiger partial charge < -0.3 is 10.6 Å². The van der Waals surface area contributed by atoms with Gasteiger partial charge in [-0.25, -0.2) is 4.39 Å². The molecule has 0 radical (unpaired) electrons. The Morgan fingerprint density at radius 2 is 2.08 bits per heavy atom. The van der Waals surface area contributed by atoms with E-state index >= 15 is 0 Å². The fourth-order valence-electron chi connectivity index (χ4n) is 1.82. The predicted octanol–water partition coefficient (Wildman–Crippen LogP) is 0.767. The third-order valence-corrected chi connectivity index (χ3v) is 2.89. The molecule has 0 aromatic rings. The van der Waals surface area contributed by atoms with Crippen molar-refractivity contribution in [1.82, 2.24) is 4.90 Å². The molecule has 2 nitrogen and oxygen atoms in total. The van der Waals surface area contributed by atoms with Gasteiger partial charge in [0.15, 0.2) is 0 Å². The van der Waals surface area contributed by atoms with Crippen LogP contribution in [-0.2, 0) is 0 Å². The topological polar surface area (TPSA) is 29.3 Å². The van der Waals surface area contributed by atoms with Gasteiger partial charge in [0.05, 0.1) is 0 Å². The van der Waals surface area contributed by atoms with Crippen molar-refractivity contribution in [3.63, 3.8) is 0 Å². The lowest BCUT2D eigenvalue weighted by Crippen LogP contribution is -2.48. The first kappa shape index (κ1) is 8.45. The van der Waals surface area contributed by atoms with E-state index in [1.54, 1.807) is 0 Å². The Bertz CT molecular complexity index is 159. The Kier molecular flexibility index (Phi) is 2.33. The molecule has 1 aliphatic carbocycles. The highest BCUT2D eigenvalue weighted by Gasteiger charge is 2.30. The van der Waals surface area contributed by atoms with Crippen LogP contribution in [0.15, 0.2) is 0 Å². The molecule has 0 aromatic carbocycles. The Balaban J connectivity index is 1.76. The molecule has 0 aromatic heterocycles. The third-order valence-electron chi connectivity index (χ3n) is 2.89. The summed E-state index contributed by atoms with van der Waals surface area (Å²) in [6.07, 6.45) is 2.73. The molecule has 3 heteroatoms. The molecule has 1 aliphatic heterocycles. The van der Waals surface area contributed by atoms with E-state index in [2.05, 4.69) is 4.90 Å². The van der Waals surface area contributed by atoms with Crippen molar-refractivity contribution >= 4 is 0 Å². The number of piperidine rings is 1. The summed E-state index contributed by atoms with van der Waals surface area (Å²) in [6, 6.07) is -0.208. The highest BCUT2D eigenvalue weighted by molar-refractivity contribution is 4.86. The van der Waals surface area contributed by atoms with E-state index < -0.39 is 6.17 Å². The molecule has 1 saturated carbocycles. The number of rotatable bonds is 2. The molecule has 0 spiro atoms. The van der Waals surface area contributed by atoms with Crippen molar-refractivity contribution in [1.29, 1.82) is 0 Å². The molecule has 1 saturated heterocycles. The van der Waals surface area contributed by atoms with Crippen LogP contribution in [0.25, 0.3) is 0 Å². The Morgan fingerprint density at radius 3 is 2.67 bits per heavy atom. The van der Waals surface area contributed by atoms with Gasteiger partial charge in [-0.2, -0.15) is 0 Å². The third kappa shape index (κ3) is 1.96. The van der Waals surface area contributed by atoms with Gasteiger partial charge >= 0.3 is 0 Å². The molecule has 2 N–H and O–H groups in total. The monoisotopic (exact) mass is 172 g/mol. The van der Waals surface area contributed by atoms with Gasteiger partial charge in [-0.3, -0.25) is 0 Å².